The second kappa shape index (κ2) is 6.35. The van der Waals surface area contributed by atoms with Crippen molar-refractivity contribution in [1.82, 2.24) is 10.3 Å². The fourth-order valence-electron chi connectivity index (χ4n) is 2.02. The molecule has 98 valence electrons. The van der Waals surface area contributed by atoms with E-state index in [1.807, 2.05) is 0 Å². The van der Waals surface area contributed by atoms with E-state index in [1.165, 1.54) is 0 Å². The Morgan fingerprint density at radius 2 is 2.50 bits per heavy atom. The molecule has 1 saturated heterocycles. The van der Waals surface area contributed by atoms with E-state index in [-0.39, 0.29) is 5.91 Å². The highest BCUT2D eigenvalue weighted by molar-refractivity contribution is 5.94. The van der Waals surface area contributed by atoms with Gasteiger partial charge in [0, 0.05) is 32.0 Å². The van der Waals surface area contributed by atoms with Gasteiger partial charge in [-0.1, -0.05) is 0 Å². The number of anilines is 1. The standard InChI is InChI=1S/C13H19N3O2/c1-14-12-7-11(4-5-15-12)13(17)16-8-10-3-2-6-18-9-10/h4-5,7,10H,2-3,6,8-9H2,1H3,(H,14,15)(H,16,17). The zero-order valence-corrected chi connectivity index (χ0v) is 10.6. The smallest absolute Gasteiger partial charge is 0.251 e. The summed E-state index contributed by atoms with van der Waals surface area (Å²) in [6.45, 7) is 2.27. The van der Waals surface area contributed by atoms with E-state index >= 15 is 0 Å². The van der Waals surface area contributed by atoms with E-state index in [2.05, 4.69) is 15.6 Å². The molecular weight excluding hydrogens is 230 g/mol. The summed E-state index contributed by atoms with van der Waals surface area (Å²) in [5, 5.41) is 5.86. The molecule has 0 bridgehead atoms. The van der Waals surface area contributed by atoms with Crippen molar-refractivity contribution in [2.45, 2.75) is 12.8 Å². The second-order valence-electron chi connectivity index (χ2n) is 4.47. The molecule has 2 N–H and O–H groups in total. The number of pyridine rings is 1. The fourth-order valence-corrected chi connectivity index (χ4v) is 2.02. The van der Waals surface area contributed by atoms with Crippen molar-refractivity contribution in [1.29, 1.82) is 0 Å². The molecule has 1 aliphatic rings. The molecule has 5 nitrogen and oxygen atoms in total. The zero-order valence-electron chi connectivity index (χ0n) is 10.6. The fraction of sp³-hybridized carbons (Fsp3) is 0.538. The SMILES string of the molecule is CNc1cc(C(=O)NCC2CCCOC2)ccn1. The summed E-state index contributed by atoms with van der Waals surface area (Å²) in [7, 11) is 1.78. The van der Waals surface area contributed by atoms with E-state index in [0.29, 0.717) is 23.8 Å². The van der Waals surface area contributed by atoms with Crippen LogP contribution in [0.5, 0.6) is 0 Å². The molecule has 1 aromatic heterocycles. The molecule has 1 aromatic rings. The molecule has 5 heteroatoms. The van der Waals surface area contributed by atoms with E-state index in [9.17, 15) is 4.79 Å². The van der Waals surface area contributed by atoms with Crippen LogP contribution in [-0.2, 0) is 4.74 Å². The molecule has 1 amide bonds. The van der Waals surface area contributed by atoms with Gasteiger partial charge in [-0.15, -0.1) is 0 Å². The van der Waals surface area contributed by atoms with Gasteiger partial charge < -0.3 is 15.4 Å². The Balaban J connectivity index is 1.86. The average molecular weight is 249 g/mol. The van der Waals surface area contributed by atoms with Crippen LogP contribution < -0.4 is 10.6 Å². The van der Waals surface area contributed by atoms with Crippen LogP contribution in [0.25, 0.3) is 0 Å². The van der Waals surface area contributed by atoms with Gasteiger partial charge in [0.25, 0.3) is 5.91 Å². The lowest BCUT2D eigenvalue weighted by molar-refractivity contribution is 0.0536. The molecule has 0 aromatic carbocycles. The van der Waals surface area contributed by atoms with Crippen molar-refractivity contribution < 1.29 is 9.53 Å². The number of aromatic nitrogens is 1. The lowest BCUT2D eigenvalue weighted by Crippen LogP contribution is -2.33. The topological polar surface area (TPSA) is 63.2 Å². The van der Waals surface area contributed by atoms with Crippen molar-refractivity contribution in [3.05, 3.63) is 23.9 Å². The maximum atomic E-state index is 11.9. The van der Waals surface area contributed by atoms with Crippen LogP contribution in [-0.4, -0.2) is 37.7 Å². The molecule has 1 fully saturated rings. The number of hydrogen-bond donors (Lipinski definition) is 2. The van der Waals surface area contributed by atoms with Crippen molar-refractivity contribution in [2.75, 3.05) is 32.1 Å². The van der Waals surface area contributed by atoms with Gasteiger partial charge in [0.2, 0.25) is 0 Å². The van der Waals surface area contributed by atoms with Crippen LogP contribution in [0.2, 0.25) is 0 Å². The van der Waals surface area contributed by atoms with Crippen molar-refractivity contribution in [3.63, 3.8) is 0 Å². The molecular formula is C13H19N3O2. The van der Waals surface area contributed by atoms with E-state index in [4.69, 9.17) is 4.74 Å². The van der Waals surface area contributed by atoms with Gasteiger partial charge >= 0.3 is 0 Å². The Kier molecular flexibility index (Phi) is 4.52. The molecule has 0 saturated carbocycles. The predicted octanol–water partition coefficient (Wildman–Crippen LogP) is 1.28. The summed E-state index contributed by atoms with van der Waals surface area (Å²) in [5.41, 5.74) is 0.631. The Morgan fingerprint density at radius 1 is 1.61 bits per heavy atom. The van der Waals surface area contributed by atoms with E-state index in [1.54, 1.807) is 25.4 Å². The summed E-state index contributed by atoms with van der Waals surface area (Å²) in [6, 6.07) is 3.46. The number of nitrogens with one attached hydrogen (secondary N) is 2. The van der Waals surface area contributed by atoms with Gasteiger partial charge in [-0.2, -0.15) is 0 Å². The highest BCUT2D eigenvalue weighted by atomic mass is 16.5. The molecule has 0 aliphatic carbocycles. The highest BCUT2D eigenvalue weighted by Crippen LogP contribution is 2.12. The number of amides is 1. The summed E-state index contributed by atoms with van der Waals surface area (Å²) in [4.78, 5) is 16.0. The molecule has 0 radical (unpaired) electrons. The molecule has 1 unspecified atom stereocenters. The Labute approximate surface area is 107 Å². The highest BCUT2D eigenvalue weighted by Gasteiger charge is 2.15. The number of rotatable bonds is 4. The van der Waals surface area contributed by atoms with Crippen molar-refractivity contribution in [3.8, 4) is 0 Å². The molecule has 0 spiro atoms. The van der Waals surface area contributed by atoms with Crippen molar-refractivity contribution in [2.24, 2.45) is 5.92 Å². The van der Waals surface area contributed by atoms with E-state index < -0.39 is 0 Å². The maximum absolute atomic E-state index is 11.9. The first-order valence-electron chi connectivity index (χ1n) is 6.29. The Morgan fingerprint density at radius 3 is 3.22 bits per heavy atom. The van der Waals surface area contributed by atoms with Crippen LogP contribution in [0, 0.1) is 5.92 Å². The third-order valence-electron chi connectivity index (χ3n) is 3.08. The number of nitrogens with zero attached hydrogens (tertiary/aromatic N) is 1. The molecule has 2 heterocycles. The monoisotopic (exact) mass is 249 g/mol. The third kappa shape index (κ3) is 3.43. The first-order chi connectivity index (χ1) is 8.79. The quantitative estimate of drug-likeness (QED) is 0.843. The largest absolute Gasteiger partial charge is 0.381 e. The molecule has 1 aliphatic heterocycles. The first-order valence-corrected chi connectivity index (χ1v) is 6.29. The zero-order chi connectivity index (χ0) is 12.8. The van der Waals surface area contributed by atoms with Crippen LogP contribution in [0.1, 0.15) is 23.2 Å². The summed E-state index contributed by atoms with van der Waals surface area (Å²) >= 11 is 0. The predicted molar refractivity (Wildman–Crippen MR) is 69.7 cm³/mol. The van der Waals surface area contributed by atoms with Gasteiger partial charge in [-0.3, -0.25) is 4.79 Å². The lowest BCUT2D eigenvalue weighted by atomic mass is 10.0. The Bertz CT molecular complexity index is 403. The summed E-state index contributed by atoms with van der Waals surface area (Å²) in [6.07, 6.45) is 3.84. The van der Waals surface area contributed by atoms with Gasteiger partial charge in [-0.25, -0.2) is 4.98 Å². The van der Waals surface area contributed by atoms with Crippen LogP contribution in [0.15, 0.2) is 18.3 Å². The summed E-state index contributed by atoms with van der Waals surface area (Å²) < 4.78 is 5.39. The minimum atomic E-state index is -0.0560. The number of ether oxygens (including phenoxy) is 1. The van der Waals surface area contributed by atoms with Crippen molar-refractivity contribution >= 4 is 11.7 Å². The minimum absolute atomic E-state index is 0.0560. The summed E-state index contributed by atoms with van der Waals surface area (Å²) in [5.74, 6) is 1.08. The average Bonchev–Trinajstić information content (AvgIpc) is 2.46. The normalized spacial score (nSPS) is 19.3. The van der Waals surface area contributed by atoms with E-state index in [0.717, 1.165) is 26.1 Å². The lowest BCUT2D eigenvalue weighted by Gasteiger charge is -2.22. The molecule has 18 heavy (non-hydrogen) atoms. The third-order valence-corrected chi connectivity index (χ3v) is 3.08. The van der Waals surface area contributed by atoms with Gasteiger partial charge in [0.1, 0.15) is 5.82 Å². The van der Waals surface area contributed by atoms with Gasteiger partial charge in [0.15, 0.2) is 0 Å². The first kappa shape index (κ1) is 12.8. The molecule has 1 atom stereocenters. The number of carbonyl (C=O) groups is 1. The van der Waals surface area contributed by atoms with Crippen LogP contribution in [0.3, 0.4) is 0 Å². The van der Waals surface area contributed by atoms with Gasteiger partial charge in [-0.05, 0) is 30.9 Å². The Hall–Kier alpha value is -1.62. The van der Waals surface area contributed by atoms with Crippen LogP contribution >= 0.6 is 0 Å². The minimum Gasteiger partial charge on any atom is -0.381 e. The number of carbonyl (C=O) groups excluding carboxylic acids is 1. The van der Waals surface area contributed by atoms with Crippen LogP contribution in [0.4, 0.5) is 5.82 Å². The van der Waals surface area contributed by atoms with Gasteiger partial charge in [0.05, 0.1) is 6.61 Å². The second-order valence-corrected chi connectivity index (χ2v) is 4.47. The maximum Gasteiger partial charge on any atom is 0.251 e. The number of hydrogen-bond acceptors (Lipinski definition) is 4. The molecule has 2 rings (SSSR count).